The van der Waals surface area contributed by atoms with Gasteiger partial charge in [0.1, 0.15) is 17.9 Å². The number of rotatable bonds is 7. The molecule has 110 valence electrons. The first kappa shape index (κ1) is 14.6. The highest BCUT2D eigenvalue weighted by molar-refractivity contribution is 5.81. The molecule has 20 heavy (non-hydrogen) atoms. The van der Waals surface area contributed by atoms with Crippen molar-refractivity contribution >= 4 is 17.0 Å². The maximum atomic E-state index is 9.34. The van der Waals surface area contributed by atoms with Crippen molar-refractivity contribution in [3.8, 4) is 0 Å². The van der Waals surface area contributed by atoms with Crippen molar-refractivity contribution in [1.82, 2.24) is 19.5 Å². The highest BCUT2D eigenvalue weighted by Crippen LogP contribution is 2.15. The zero-order chi connectivity index (χ0) is 14.5. The number of aliphatic hydroxyl groups excluding tert-OH is 2. The lowest BCUT2D eigenvalue weighted by atomic mass is 10.3. The second-order valence-corrected chi connectivity index (χ2v) is 4.12. The van der Waals surface area contributed by atoms with Crippen LogP contribution >= 0.6 is 0 Å². The van der Waals surface area contributed by atoms with E-state index in [2.05, 4.69) is 15.0 Å². The molecule has 2 atom stereocenters. The molecule has 0 saturated heterocycles. The molecular weight excluding hydrogens is 266 g/mol. The Bertz CT molecular complexity index is 557. The lowest BCUT2D eigenvalue weighted by Crippen LogP contribution is -2.32. The zero-order valence-corrected chi connectivity index (χ0v) is 11.0. The number of imidazole rings is 1. The van der Waals surface area contributed by atoms with Crippen LogP contribution in [0.15, 0.2) is 12.7 Å². The Morgan fingerprint density at radius 2 is 2.10 bits per heavy atom. The van der Waals surface area contributed by atoms with E-state index in [4.69, 9.17) is 20.3 Å². The van der Waals surface area contributed by atoms with Crippen LogP contribution < -0.4 is 5.73 Å². The van der Waals surface area contributed by atoms with E-state index in [9.17, 15) is 5.11 Å². The maximum Gasteiger partial charge on any atom is 0.180 e. The monoisotopic (exact) mass is 283 g/mol. The molecular formula is C11H17N5O4. The number of hydrogen-bond donors (Lipinski definition) is 3. The van der Waals surface area contributed by atoms with Crippen LogP contribution in [0.1, 0.15) is 0 Å². The topological polar surface area (TPSA) is 129 Å². The van der Waals surface area contributed by atoms with Gasteiger partial charge in [0.05, 0.1) is 26.1 Å². The number of aliphatic hydroxyl groups is 2. The molecule has 0 aliphatic heterocycles. The molecule has 1 unspecified atom stereocenters. The summed E-state index contributed by atoms with van der Waals surface area (Å²) in [7, 11) is 1.41. The molecule has 0 spiro atoms. The number of anilines is 1. The summed E-state index contributed by atoms with van der Waals surface area (Å²) in [6.07, 6.45) is 1.53. The summed E-state index contributed by atoms with van der Waals surface area (Å²) in [5, 5.41) is 18.4. The van der Waals surface area contributed by atoms with Crippen LogP contribution in [0.2, 0.25) is 0 Å². The van der Waals surface area contributed by atoms with Crippen molar-refractivity contribution in [1.29, 1.82) is 0 Å². The van der Waals surface area contributed by atoms with Gasteiger partial charge in [-0.05, 0) is 0 Å². The third kappa shape index (κ3) is 3.02. The lowest BCUT2D eigenvalue weighted by Gasteiger charge is -2.21. The maximum absolute atomic E-state index is 9.34. The van der Waals surface area contributed by atoms with Gasteiger partial charge in [0, 0.05) is 7.11 Å². The van der Waals surface area contributed by atoms with Gasteiger partial charge < -0.3 is 30.0 Å². The molecule has 4 N–H and O–H groups in total. The smallest absolute Gasteiger partial charge is 0.180 e. The number of fused-ring (bicyclic) bond motifs is 1. The summed E-state index contributed by atoms with van der Waals surface area (Å²) in [6, 6.07) is 0. The van der Waals surface area contributed by atoms with Crippen molar-refractivity contribution in [3.05, 3.63) is 12.7 Å². The van der Waals surface area contributed by atoms with Crippen molar-refractivity contribution < 1.29 is 19.7 Å². The molecule has 0 aromatic carbocycles. The zero-order valence-electron chi connectivity index (χ0n) is 11.0. The molecule has 0 fully saturated rings. The third-order valence-corrected chi connectivity index (χ3v) is 2.79. The van der Waals surface area contributed by atoms with Crippen molar-refractivity contribution in [2.24, 2.45) is 0 Å². The van der Waals surface area contributed by atoms with E-state index in [1.54, 1.807) is 10.9 Å². The fourth-order valence-corrected chi connectivity index (χ4v) is 1.78. The summed E-state index contributed by atoms with van der Waals surface area (Å²) < 4.78 is 12.0. The standard InChI is InChI=1S/C11H17N5O4/c1-19-8(4-18)20-7(3-17)2-16-6-15-9-10(12)13-5-14-11(9)16/h5-8,17-18H,2-4H2,1H3,(H2,12,13,14)/t7-,8?/m1/s1. The van der Waals surface area contributed by atoms with Crippen LogP contribution in [-0.4, -0.2) is 62.4 Å². The minimum Gasteiger partial charge on any atom is -0.394 e. The molecule has 0 saturated carbocycles. The van der Waals surface area contributed by atoms with E-state index in [1.807, 2.05) is 0 Å². The summed E-state index contributed by atoms with van der Waals surface area (Å²) >= 11 is 0. The van der Waals surface area contributed by atoms with Crippen LogP contribution in [0.4, 0.5) is 5.82 Å². The number of hydrogen-bond acceptors (Lipinski definition) is 8. The van der Waals surface area contributed by atoms with Gasteiger partial charge in [-0.1, -0.05) is 0 Å². The largest absolute Gasteiger partial charge is 0.394 e. The van der Waals surface area contributed by atoms with Gasteiger partial charge in [0.25, 0.3) is 0 Å². The van der Waals surface area contributed by atoms with Crippen molar-refractivity contribution in [2.75, 3.05) is 26.1 Å². The Hall–Kier alpha value is -1.81. The highest BCUT2D eigenvalue weighted by Gasteiger charge is 2.17. The minimum absolute atomic E-state index is 0.236. The Kier molecular flexibility index (Phi) is 4.79. The second kappa shape index (κ2) is 6.57. The molecule has 0 aliphatic rings. The Morgan fingerprint density at radius 1 is 1.30 bits per heavy atom. The van der Waals surface area contributed by atoms with E-state index in [-0.39, 0.29) is 13.2 Å². The van der Waals surface area contributed by atoms with E-state index < -0.39 is 12.4 Å². The van der Waals surface area contributed by atoms with Gasteiger partial charge in [-0.2, -0.15) is 0 Å². The van der Waals surface area contributed by atoms with Crippen molar-refractivity contribution in [2.45, 2.75) is 18.9 Å². The molecule has 9 nitrogen and oxygen atoms in total. The van der Waals surface area contributed by atoms with Gasteiger partial charge in [-0.15, -0.1) is 0 Å². The first-order valence-corrected chi connectivity index (χ1v) is 6.00. The average molecular weight is 283 g/mol. The SMILES string of the molecule is COC(CO)O[C@@H](CO)Cn1cnc2c(N)ncnc21. The fourth-order valence-electron chi connectivity index (χ4n) is 1.78. The van der Waals surface area contributed by atoms with Crippen LogP contribution in [0.3, 0.4) is 0 Å². The predicted octanol–water partition coefficient (Wildman–Crippen LogP) is -1.25. The number of ether oxygens (including phenoxy) is 2. The Morgan fingerprint density at radius 3 is 2.75 bits per heavy atom. The molecule has 2 heterocycles. The Labute approximate surface area is 115 Å². The molecule has 0 radical (unpaired) electrons. The number of methoxy groups -OCH3 is 1. The summed E-state index contributed by atoms with van der Waals surface area (Å²) in [5.74, 6) is 0.292. The lowest BCUT2D eigenvalue weighted by molar-refractivity contribution is -0.184. The molecule has 0 bridgehead atoms. The Balaban J connectivity index is 2.15. The molecule has 2 aromatic heterocycles. The molecule has 0 aliphatic carbocycles. The van der Waals surface area contributed by atoms with Gasteiger partial charge in [0.2, 0.25) is 0 Å². The van der Waals surface area contributed by atoms with Gasteiger partial charge in [-0.25, -0.2) is 15.0 Å². The minimum atomic E-state index is -0.790. The van der Waals surface area contributed by atoms with E-state index in [0.717, 1.165) is 0 Å². The summed E-state index contributed by atoms with van der Waals surface area (Å²) in [5.41, 5.74) is 6.74. The molecule has 9 heteroatoms. The van der Waals surface area contributed by atoms with Gasteiger partial charge >= 0.3 is 0 Å². The first-order valence-electron chi connectivity index (χ1n) is 6.00. The van der Waals surface area contributed by atoms with E-state index in [0.29, 0.717) is 23.5 Å². The number of nitrogens with zero attached hydrogens (tertiary/aromatic N) is 4. The highest BCUT2D eigenvalue weighted by atomic mass is 16.7. The molecule has 0 amide bonds. The summed E-state index contributed by atoms with van der Waals surface area (Å²) in [4.78, 5) is 12.1. The average Bonchev–Trinajstić information content (AvgIpc) is 2.88. The fraction of sp³-hybridized carbons (Fsp3) is 0.545. The van der Waals surface area contributed by atoms with E-state index in [1.165, 1.54) is 13.4 Å². The van der Waals surface area contributed by atoms with Crippen LogP contribution in [0.25, 0.3) is 11.2 Å². The first-order chi connectivity index (χ1) is 9.69. The van der Waals surface area contributed by atoms with Crippen LogP contribution in [-0.2, 0) is 16.0 Å². The van der Waals surface area contributed by atoms with Gasteiger partial charge in [0.15, 0.2) is 17.8 Å². The third-order valence-electron chi connectivity index (χ3n) is 2.79. The van der Waals surface area contributed by atoms with Gasteiger partial charge in [-0.3, -0.25) is 0 Å². The number of nitrogens with two attached hydrogens (primary N) is 1. The summed E-state index contributed by atoms with van der Waals surface area (Å²) in [6.45, 7) is -0.240. The molecule has 2 aromatic rings. The van der Waals surface area contributed by atoms with Crippen LogP contribution in [0.5, 0.6) is 0 Å². The predicted molar refractivity (Wildman–Crippen MR) is 69.6 cm³/mol. The van der Waals surface area contributed by atoms with E-state index >= 15 is 0 Å². The van der Waals surface area contributed by atoms with Crippen molar-refractivity contribution in [3.63, 3.8) is 0 Å². The number of aromatic nitrogens is 4. The number of nitrogen functional groups attached to an aromatic ring is 1. The molecule has 2 rings (SSSR count). The second-order valence-electron chi connectivity index (χ2n) is 4.12. The van der Waals surface area contributed by atoms with Crippen LogP contribution in [0, 0.1) is 0 Å². The quantitative estimate of drug-likeness (QED) is 0.538. The normalized spacial score (nSPS) is 14.6.